The number of carboxylic acids is 1. The number of aliphatic hydroxyl groups is 2. The van der Waals surface area contributed by atoms with Gasteiger partial charge in [-0.15, -0.1) is 11.3 Å². The lowest BCUT2D eigenvalue weighted by Crippen LogP contribution is -2.61. The minimum absolute atomic E-state index is 0.0200. The number of nitrogens with two attached hydrogens (primary N) is 7. The Morgan fingerprint density at radius 2 is 1.32 bits per heavy atom. The van der Waals surface area contributed by atoms with Crippen LogP contribution in [0.2, 0.25) is 0 Å². The third-order valence-electron chi connectivity index (χ3n) is 18.3. The van der Waals surface area contributed by atoms with Crippen molar-refractivity contribution in [3.8, 4) is 0 Å². The second-order valence-corrected chi connectivity index (χ2v) is 25.9. The quantitative estimate of drug-likeness (QED) is 0.0214. The van der Waals surface area contributed by atoms with E-state index in [-0.39, 0.29) is 133 Å². The fourth-order valence-electron chi connectivity index (χ4n) is 13.7. The number of fused-ring (bicyclic) bond motifs is 2. The molecule has 92 heavy (non-hydrogen) atoms. The third kappa shape index (κ3) is 19.2. The Labute approximate surface area is 538 Å². The Kier molecular flexibility index (Phi) is 26.4. The predicted octanol–water partition coefficient (Wildman–Crippen LogP) is -1.75. The number of aliphatic hydroxyl groups excluding tert-OH is 2. The Hall–Kier alpha value is -8.09. The van der Waals surface area contributed by atoms with Crippen LogP contribution in [0.25, 0.3) is 0 Å². The molecule has 3 saturated heterocycles. The lowest BCUT2D eigenvalue weighted by atomic mass is 9.84. The number of amides is 6. The molecule has 2 aromatic rings. The average molecular weight is 1300 g/mol. The first-order chi connectivity index (χ1) is 43.9. The molecule has 6 amide bonds. The number of Topliss-reactive ketones (excluding diaryl/α,β-unsaturated/α-hetero) is 3. The smallest absolute Gasteiger partial charge is 0.306 e. The van der Waals surface area contributed by atoms with Crippen molar-refractivity contribution < 1.29 is 63.3 Å². The molecule has 12 atom stereocenters. The molecule has 1 saturated carbocycles. The summed E-state index contributed by atoms with van der Waals surface area (Å²) in [6, 6.07) is 3.47. The molecule has 30 heteroatoms. The van der Waals surface area contributed by atoms with E-state index in [9.17, 15) is 53.7 Å². The number of guanidine groups is 3. The molecule has 7 rings (SSSR count). The molecule has 5 aliphatic rings. The van der Waals surface area contributed by atoms with E-state index in [0.29, 0.717) is 43.4 Å². The molecule has 1 aromatic heterocycles. The van der Waals surface area contributed by atoms with Crippen LogP contribution in [0.4, 0.5) is 0 Å². The molecule has 0 unspecified atom stereocenters. The molecule has 1 aromatic carbocycles. The van der Waals surface area contributed by atoms with Gasteiger partial charge in [-0.05, 0) is 106 Å². The summed E-state index contributed by atoms with van der Waals surface area (Å²) in [7, 11) is 0. The maximum absolute atomic E-state index is 15.4. The lowest BCUT2D eigenvalue weighted by molar-refractivity contribution is -0.153. The Morgan fingerprint density at radius 3 is 1.96 bits per heavy atom. The number of nitrogens with one attached hydrogen (secondary N) is 2. The van der Waals surface area contributed by atoms with Crippen LogP contribution in [-0.2, 0) is 67.3 Å². The topological polar surface area (TPSA) is 488 Å². The van der Waals surface area contributed by atoms with E-state index in [1.807, 2.05) is 18.2 Å². The van der Waals surface area contributed by atoms with Gasteiger partial charge in [0, 0.05) is 94.1 Å². The van der Waals surface area contributed by atoms with E-state index in [1.165, 1.54) is 26.0 Å². The van der Waals surface area contributed by atoms with Gasteiger partial charge < -0.3 is 85.7 Å². The van der Waals surface area contributed by atoms with Crippen molar-refractivity contribution in [1.82, 2.24) is 30.2 Å². The first-order valence-corrected chi connectivity index (χ1v) is 32.7. The Balaban J connectivity index is 1.02. The molecule has 4 fully saturated rings. The molecule has 504 valence electrons. The second kappa shape index (κ2) is 34.0. The zero-order valence-electron chi connectivity index (χ0n) is 52.1. The number of carboxylic acid groups (broad SMARTS) is 1. The van der Waals surface area contributed by atoms with E-state index in [2.05, 4.69) is 25.6 Å². The van der Waals surface area contributed by atoms with Gasteiger partial charge in [0.15, 0.2) is 29.4 Å². The molecule has 0 spiro atoms. The van der Waals surface area contributed by atoms with Crippen molar-refractivity contribution in [3.05, 3.63) is 57.8 Å². The minimum atomic E-state index is -1.61. The van der Waals surface area contributed by atoms with Crippen molar-refractivity contribution in [2.45, 2.75) is 177 Å². The molecule has 19 N–H and O–H groups in total. The van der Waals surface area contributed by atoms with Crippen molar-refractivity contribution in [2.75, 3.05) is 45.9 Å². The number of rotatable bonds is 33. The number of benzene rings is 1. The summed E-state index contributed by atoms with van der Waals surface area (Å²) in [5.41, 5.74) is 40.5. The van der Waals surface area contributed by atoms with Gasteiger partial charge in [-0.2, -0.15) is 0 Å². The van der Waals surface area contributed by atoms with Crippen LogP contribution in [0.1, 0.15) is 125 Å². The Bertz CT molecular complexity index is 3040. The van der Waals surface area contributed by atoms with E-state index >= 15 is 9.59 Å². The second-order valence-electron chi connectivity index (χ2n) is 24.9. The molecule has 4 aliphatic heterocycles. The monoisotopic (exact) mass is 1300 g/mol. The molecule has 0 radical (unpaired) electrons. The van der Waals surface area contributed by atoms with E-state index in [1.54, 1.807) is 28.5 Å². The van der Waals surface area contributed by atoms with Crippen LogP contribution in [0.5, 0.6) is 0 Å². The van der Waals surface area contributed by atoms with Gasteiger partial charge >= 0.3 is 5.97 Å². The van der Waals surface area contributed by atoms with Crippen LogP contribution >= 0.6 is 11.3 Å². The minimum Gasteiger partial charge on any atom is -0.481 e. The van der Waals surface area contributed by atoms with Gasteiger partial charge in [-0.1, -0.05) is 43.2 Å². The summed E-state index contributed by atoms with van der Waals surface area (Å²) in [5, 5.41) is 39.1. The van der Waals surface area contributed by atoms with Crippen LogP contribution in [0.15, 0.2) is 56.8 Å². The number of ketones is 3. The van der Waals surface area contributed by atoms with E-state index in [4.69, 9.17) is 40.1 Å². The van der Waals surface area contributed by atoms with Crippen molar-refractivity contribution in [2.24, 2.45) is 78.8 Å². The number of thiophene rings is 1. The molecular weight excluding hydrogens is 1210 g/mol. The highest BCUT2D eigenvalue weighted by Gasteiger charge is 2.52. The van der Waals surface area contributed by atoms with E-state index < -0.39 is 133 Å². The van der Waals surface area contributed by atoms with Crippen molar-refractivity contribution in [1.29, 1.82) is 0 Å². The predicted molar refractivity (Wildman–Crippen MR) is 341 cm³/mol. The van der Waals surface area contributed by atoms with Crippen LogP contribution < -0.4 is 50.8 Å². The van der Waals surface area contributed by atoms with Gasteiger partial charge in [0.2, 0.25) is 35.4 Å². The number of hydrogen-bond donors (Lipinski definition) is 12. The summed E-state index contributed by atoms with van der Waals surface area (Å²) < 4.78 is 0. The molecular formula is C62H92N16O13S. The van der Waals surface area contributed by atoms with Crippen molar-refractivity contribution >= 4 is 88.0 Å². The third-order valence-corrected chi connectivity index (χ3v) is 19.2. The highest BCUT2D eigenvalue weighted by atomic mass is 32.1. The summed E-state index contributed by atoms with van der Waals surface area (Å²) in [4.78, 5) is 160. The maximum Gasteiger partial charge on any atom is 0.306 e. The summed E-state index contributed by atoms with van der Waals surface area (Å²) >= 11 is 1.32. The number of hydrogen-bond acceptors (Lipinski definition) is 17. The number of carbonyl (C=O) groups excluding carboxylic acids is 9. The maximum atomic E-state index is 15.4. The lowest BCUT2D eigenvalue weighted by Gasteiger charge is -2.42. The van der Waals surface area contributed by atoms with Gasteiger partial charge in [0.1, 0.15) is 30.0 Å². The fourth-order valence-corrected chi connectivity index (χ4v) is 14.4. The van der Waals surface area contributed by atoms with Crippen LogP contribution in [0.3, 0.4) is 0 Å². The van der Waals surface area contributed by atoms with Crippen LogP contribution in [0, 0.1) is 23.7 Å². The number of nitrogens with zero attached hydrogens (tertiary/aromatic N) is 7. The Morgan fingerprint density at radius 1 is 0.663 bits per heavy atom. The molecule has 1 aliphatic carbocycles. The number of β-amino-alcohol motifs (C(OH)–C–C–N with tert-alkyl or cyclic N) is 1. The first-order valence-electron chi connectivity index (χ1n) is 31.9. The molecule has 29 nitrogen and oxygen atoms in total. The van der Waals surface area contributed by atoms with E-state index in [0.717, 1.165) is 30.4 Å². The largest absolute Gasteiger partial charge is 0.481 e. The standard InChI is InChI=1S/C62H92N16O13S/c63-44(16-7-21-72-62(68)69)51(82)28-37(13-5-19-70-60(64)65)55(86)75-22-8-18-47(75)57(88)77-33-42(81)30-49(77)54(85)73-31-41(80)24-40(25-43-15-9-23-92-43)53(84)74-45(34-79)56(87)76-32-39-12-2-1-10-35(39)26-50(76)58(89)78-46-17-4-3-11-36(46)27-48(78)52(83)29-38(59(90)91)14-6-20-71-61(66)67/h1-2,9-10,12,15,23,36-38,40,42,44-50,79,81H,3-8,11,13-14,16-22,24-34,63H2,(H,73,85)(H,74,84)(H,90,91)(H4,64,65,70)(H4,66,67,71)(H4,68,69,72)/t36-,37+,38+,40-,42+,44+,45-,46-,47-,48-,49-,50+/m0/s1. The number of carbonyl (C=O) groups is 10. The zero-order valence-corrected chi connectivity index (χ0v) is 52.9. The highest BCUT2D eigenvalue weighted by molar-refractivity contribution is 7.09. The van der Waals surface area contributed by atoms with Gasteiger partial charge in [0.05, 0.1) is 37.3 Å². The summed E-state index contributed by atoms with van der Waals surface area (Å²) in [6.45, 7) is -1.05. The van der Waals surface area contributed by atoms with Crippen LogP contribution in [-0.4, -0.2) is 206 Å². The van der Waals surface area contributed by atoms with Gasteiger partial charge in [-0.3, -0.25) is 62.9 Å². The normalized spacial score (nSPS) is 22.5. The summed E-state index contributed by atoms with van der Waals surface area (Å²) in [5.74, 6) is -9.97. The number of aliphatic imine (C=N–C) groups is 3. The van der Waals surface area contributed by atoms with Gasteiger partial charge in [0.25, 0.3) is 0 Å². The average Bonchev–Trinajstić information content (AvgIpc) is 1.49. The molecule has 0 bridgehead atoms. The number of aliphatic carboxylic acids is 1. The first kappa shape index (κ1) is 71.4. The highest BCUT2D eigenvalue weighted by Crippen LogP contribution is 2.42. The van der Waals surface area contributed by atoms with Gasteiger partial charge in [-0.25, -0.2) is 0 Å². The summed E-state index contributed by atoms with van der Waals surface area (Å²) in [6.07, 6.45) is 3.39. The zero-order chi connectivity index (χ0) is 66.8. The fraction of sp³-hybridized carbons (Fsp3) is 0.629. The van der Waals surface area contributed by atoms with Crippen molar-refractivity contribution in [3.63, 3.8) is 0 Å². The molecule has 5 heterocycles. The number of likely N-dealkylation sites (tertiary alicyclic amines) is 3. The SMILES string of the molecule is NC(N)=NCCC[C@H](CC(=O)[C@@H]1C[C@@H]2CCCC[C@@H]2N1C(=O)[C@H]1Cc2ccccc2CN1C(=O)[C@H](CO)NC(=O)[C@@H](CC(=O)CNC(=O)[C@@H]1C[C@@H](O)CN1C(=O)[C@@H]1CCCN1C(=O)[C@H](CCCN=C(N)N)CC(=O)[C@H](N)CCCN=C(N)N)Cc1cccs1)C(=O)O.